The van der Waals surface area contributed by atoms with E-state index in [4.69, 9.17) is 10.2 Å². The Kier molecular flexibility index (Phi) is 4.90. The molecule has 0 aromatic carbocycles. The molecule has 0 aliphatic heterocycles. The highest BCUT2D eigenvalue weighted by Gasteiger charge is 2.19. The lowest BCUT2D eigenvalue weighted by molar-refractivity contribution is -0.901. The standard InChI is InChI=1S/C8H18N2O3/c1-4-8(13)9-10(2,3)5-7(12)6-11/h7,11-12H,4-6H2,1-3H3. The molecule has 0 saturated heterocycles. The number of hydrogen-bond donors (Lipinski definition) is 2. The van der Waals surface area contributed by atoms with Crippen molar-refractivity contribution in [1.82, 2.24) is 0 Å². The summed E-state index contributed by atoms with van der Waals surface area (Å²) in [4.78, 5) is 0. The van der Waals surface area contributed by atoms with Gasteiger partial charge in [0.2, 0.25) is 0 Å². The van der Waals surface area contributed by atoms with Crippen LogP contribution in [0.25, 0.3) is 0 Å². The zero-order valence-electron chi connectivity index (χ0n) is 8.40. The summed E-state index contributed by atoms with van der Waals surface area (Å²) < 4.78 is 0.0500. The van der Waals surface area contributed by atoms with Gasteiger partial charge in [-0.2, -0.15) is 0 Å². The van der Waals surface area contributed by atoms with E-state index in [-0.39, 0.29) is 23.6 Å². The first kappa shape index (κ1) is 12.3. The number of aliphatic hydroxyl groups excluding tert-OH is 2. The molecule has 5 heteroatoms. The highest BCUT2D eigenvalue weighted by molar-refractivity contribution is 5.70. The van der Waals surface area contributed by atoms with Gasteiger partial charge < -0.3 is 15.3 Å². The van der Waals surface area contributed by atoms with Crippen molar-refractivity contribution in [1.29, 1.82) is 0 Å². The maximum atomic E-state index is 11.0. The summed E-state index contributed by atoms with van der Waals surface area (Å²) in [5.74, 6) is -0.199. The molecule has 0 amide bonds. The Labute approximate surface area is 78.5 Å². The molecule has 0 aliphatic carbocycles. The van der Waals surface area contributed by atoms with Gasteiger partial charge in [-0.25, -0.2) is 4.59 Å². The molecule has 13 heavy (non-hydrogen) atoms. The molecule has 1 atom stereocenters. The molecule has 0 saturated carbocycles. The van der Waals surface area contributed by atoms with Crippen molar-refractivity contribution in [3.63, 3.8) is 0 Å². The summed E-state index contributed by atoms with van der Waals surface area (Å²) in [6, 6.07) is 0. The van der Waals surface area contributed by atoms with Crippen LogP contribution in [0.5, 0.6) is 0 Å². The number of aliphatic hydroxyl groups is 2. The fraction of sp³-hybridized carbons (Fsp3) is 0.875. The minimum atomic E-state index is -0.830. The quantitative estimate of drug-likeness (QED) is 0.240. The lowest BCUT2D eigenvalue weighted by Crippen LogP contribution is -2.43. The van der Waals surface area contributed by atoms with Crippen LogP contribution in [-0.2, 0) is 0 Å². The second kappa shape index (κ2) is 5.16. The van der Waals surface area contributed by atoms with Crippen molar-refractivity contribution in [2.24, 2.45) is 5.10 Å². The average molecular weight is 190 g/mol. The van der Waals surface area contributed by atoms with Crippen molar-refractivity contribution in [2.45, 2.75) is 19.4 Å². The average Bonchev–Trinajstić information content (AvgIpc) is 2.02. The molecule has 0 aromatic heterocycles. The van der Waals surface area contributed by atoms with Crippen LogP contribution in [0.1, 0.15) is 13.3 Å². The van der Waals surface area contributed by atoms with Gasteiger partial charge in [0.15, 0.2) is 0 Å². The Morgan fingerprint density at radius 2 is 2.08 bits per heavy atom. The van der Waals surface area contributed by atoms with Crippen LogP contribution < -0.4 is 5.11 Å². The molecule has 5 nitrogen and oxygen atoms in total. The topological polar surface area (TPSA) is 75.9 Å². The Morgan fingerprint density at radius 1 is 1.54 bits per heavy atom. The second-order valence-electron chi connectivity index (χ2n) is 3.49. The van der Waals surface area contributed by atoms with Gasteiger partial charge in [0.1, 0.15) is 12.6 Å². The second-order valence-corrected chi connectivity index (χ2v) is 3.49. The number of nitrogens with zero attached hydrogens (tertiary/aromatic N) is 2. The van der Waals surface area contributed by atoms with Crippen LogP contribution in [0.4, 0.5) is 0 Å². The van der Waals surface area contributed by atoms with E-state index in [2.05, 4.69) is 5.10 Å². The summed E-state index contributed by atoms with van der Waals surface area (Å²) in [5.41, 5.74) is 0. The number of hydrogen-bond acceptors (Lipinski definition) is 4. The third-order valence-corrected chi connectivity index (χ3v) is 1.55. The SMILES string of the molecule is CC/C([O-])=N/[N+](C)(C)CC(O)CO. The highest BCUT2D eigenvalue weighted by Crippen LogP contribution is 2.01. The monoisotopic (exact) mass is 190 g/mol. The van der Waals surface area contributed by atoms with E-state index in [0.717, 1.165) is 0 Å². The molecule has 2 N–H and O–H groups in total. The fourth-order valence-electron chi connectivity index (χ4n) is 0.987. The van der Waals surface area contributed by atoms with Crippen molar-refractivity contribution in [2.75, 3.05) is 27.2 Å². The number of likely N-dealkylation sites (N-methyl/N-ethyl adjacent to an activating group) is 1. The first-order valence-electron chi connectivity index (χ1n) is 4.29. The molecule has 0 bridgehead atoms. The van der Waals surface area contributed by atoms with Crippen LogP contribution in [0, 0.1) is 0 Å². The van der Waals surface area contributed by atoms with E-state index in [1.54, 1.807) is 21.0 Å². The first-order valence-corrected chi connectivity index (χ1v) is 4.29. The summed E-state index contributed by atoms with van der Waals surface area (Å²) in [6.07, 6.45) is -0.472. The predicted molar refractivity (Wildman–Crippen MR) is 47.8 cm³/mol. The molecule has 0 heterocycles. The largest absolute Gasteiger partial charge is 0.858 e. The van der Waals surface area contributed by atoms with Gasteiger partial charge >= 0.3 is 0 Å². The molecule has 0 aromatic rings. The summed E-state index contributed by atoms with van der Waals surface area (Å²) in [6.45, 7) is 1.66. The van der Waals surface area contributed by atoms with Crippen LogP contribution in [0.3, 0.4) is 0 Å². The van der Waals surface area contributed by atoms with Crippen LogP contribution in [0.15, 0.2) is 5.10 Å². The van der Waals surface area contributed by atoms with Gasteiger partial charge in [0.05, 0.1) is 20.7 Å². The Morgan fingerprint density at radius 3 is 2.46 bits per heavy atom. The van der Waals surface area contributed by atoms with Gasteiger partial charge in [-0.05, 0) is 6.42 Å². The maximum Gasteiger partial charge on any atom is 0.131 e. The predicted octanol–water partition coefficient (Wildman–Crippen LogP) is -1.50. The smallest absolute Gasteiger partial charge is 0.131 e. The van der Waals surface area contributed by atoms with Gasteiger partial charge in [-0.3, -0.25) is 0 Å². The van der Waals surface area contributed by atoms with Crippen LogP contribution in [-0.4, -0.2) is 54.1 Å². The third kappa shape index (κ3) is 5.57. The van der Waals surface area contributed by atoms with Crippen LogP contribution in [0.2, 0.25) is 0 Å². The van der Waals surface area contributed by atoms with Crippen molar-refractivity contribution >= 4 is 5.90 Å². The summed E-state index contributed by atoms with van der Waals surface area (Å²) >= 11 is 0. The first-order chi connectivity index (χ1) is 5.91. The third-order valence-electron chi connectivity index (χ3n) is 1.55. The van der Waals surface area contributed by atoms with Gasteiger partial charge in [0.25, 0.3) is 0 Å². The van der Waals surface area contributed by atoms with Gasteiger partial charge in [0, 0.05) is 5.90 Å². The molecule has 0 radical (unpaired) electrons. The minimum absolute atomic E-state index is 0.0500. The molecular formula is C8H18N2O3. The Bertz CT molecular complexity index is 180. The van der Waals surface area contributed by atoms with Crippen LogP contribution >= 0.6 is 0 Å². The van der Waals surface area contributed by atoms with E-state index in [1.807, 2.05) is 0 Å². The number of quaternary nitrogens is 1. The van der Waals surface area contributed by atoms with Gasteiger partial charge in [-0.15, -0.1) is 5.10 Å². The van der Waals surface area contributed by atoms with Crippen molar-refractivity contribution in [3.05, 3.63) is 0 Å². The molecule has 1 unspecified atom stereocenters. The van der Waals surface area contributed by atoms with Crippen molar-refractivity contribution in [3.8, 4) is 0 Å². The highest BCUT2D eigenvalue weighted by atomic mass is 16.3. The lowest BCUT2D eigenvalue weighted by atomic mass is 10.3. The lowest BCUT2D eigenvalue weighted by Gasteiger charge is -2.26. The molecule has 0 fully saturated rings. The summed E-state index contributed by atoms with van der Waals surface area (Å²) in [7, 11) is 3.40. The Hall–Kier alpha value is -0.650. The molecule has 78 valence electrons. The molecule has 0 aliphatic rings. The molecule has 0 spiro atoms. The normalized spacial score (nSPS) is 15.9. The maximum absolute atomic E-state index is 11.0. The molecule has 0 rings (SSSR count). The van der Waals surface area contributed by atoms with E-state index < -0.39 is 6.10 Å². The number of rotatable bonds is 5. The van der Waals surface area contributed by atoms with E-state index >= 15 is 0 Å². The minimum Gasteiger partial charge on any atom is -0.858 e. The van der Waals surface area contributed by atoms with Gasteiger partial charge in [-0.1, -0.05) is 6.92 Å². The molecular weight excluding hydrogens is 172 g/mol. The zero-order valence-corrected chi connectivity index (χ0v) is 8.40. The Balaban J connectivity index is 4.22. The zero-order chi connectivity index (χ0) is 10.5. The van der Waals surface area contributed by atoms with Crippen molar-refractivity contribution < 1.29 is 19.9 Å². The summed E-state index contributed by atoms with van der Waals surface area (Å²) in [5, 5.41) is 32.6. The van der Waals surface area contributed by atoms with E-state index in [0.29, 0.717) is 6.42 Å². The van der Waals surface area contributed by atoms with E-state index in [1.165, 1.54) is 0 Å². The van der Waals surface area contributed by atoms with E-state index in [9.17, 15) is 5.11 Å². The fourth-order valence-corrected chi connectivity index (χ4v) is 0.987.